The molecule has 7 nitrogen and oxygen atoms in total. The number of nitrogens with one attached hydrogen (secondary N) is 2. The second-order valence-electron chi connectivity index (χ2n) is 7.05. The van der Waals surface area contributed by atoms with Gasteiger partial charge < -0.3 is 15.0 Å². The molecule has 1 aromatic heterocycles. The van der Waals surface area contributed by atoms with Crippen LogP contribution in [0.5, 0.6) is 0 Å². The van der Waals surface area contributed by atoms with E-state index in [2.05, 4.69) is 20.4 Å². The number of aryl methyl sites for hydroxylation is 1. The Morgan fingerprint density at radius 3 is 2.42 bits per heavy atom. The van der Waals surface area contributed by atoms with Crippen LogP contribution in [0.3, 0.4) is 0 Å². The van der Waals surface area contributed by atoms with Crippen LogP contribution >= 0.6 is 11.6 Å². The predicted octanol–water partition coefficient (Wildman–Crippen LogP) is 3.94. The van der Waals surface area contributed by atoms with Crippen molar-refractivity contribution in [2.45, 2.75) is 20.3 Å². The first kappa shape index (κ1) is 22.1. The Labute approximate surface area is 185 Å². The number of amides is 1. The fourth-order valence-electron chi connectivity index (χ4n) is 3.22. The maximum absolute atomic E-state index is 12.0. The molecule has 31 heavy (non-hydrogen) atoms. The smallest absolute Gasteiger partial charge is 0.307 e. The molecule has 0 aliphatic heterocycles. The van der Waals surface area contributed by atoms with Gasteiger partial charge in [-0.1, -0.05) is 23.7 Å². The molecule has 0 unspecified atom stereocenters. The summed E-state index contributed by atoms with van der Waals surface area (Å²) in [5.41, 5.74) is 7.81. The van der Waals surface area contributed by atoms with Gasteiger partial charge in [-0.05, 0) is 61.9 Å². The number of aromatic nitrogens is 1. The highest BCUT2D eigenvalue weighted by Gasteiger charge is 2.10. The van der Waals surface area contributed by atoms with Crippen molar-refractivity contribution in [1.82, 2.24) is 9.99 Å². The molecule has 1 heterocycles. The molecule has 0 saturated heterocycles. The fraction of sp³-hybridized carbons (Fsp3) is 0.174. The number of carbonyl (C=O) groups excluding carboxylic acids is 1. The minimum absolute atomic E-state index is 0.00555. The van der Waals surface area contributed by atoms with Gasteiger partial charge in [0.2, 0.25) is 0 Å². The van der Waals surface area contributed by atoms with Crippen LogP contribution in [0.1, 0.15) is 22.5 Å². The quantitative estimate of drug-likeness (QED) is 0.366. The van der Waals surface area contributed by atoms with Crippen LogP contribution in [0.4, 0.5) is 5.69 Å². The third kappa shape index (κ3) is 5.96. The summed E-state index contributed by atoms with van der Waals surface area (Å²) in [6, 6.07) is 16.5. The Balaban J connectivity index is 1.62. The van der Waals surface area contributed by atoms with E-state index >= 15 is 0 Å². The molecule has 160 valence electrons. The molecule has 3 rings (SSSR count). The Morgan fingerprint density at radius 1 is 1.10 bits per heavy atom. The maximum atomic E-state index is 12.0. The largest absolute Gasteiger partial charge is 0.481 e. The Morgan fingerprint density at radius 2 is 1.77 bits per heavy atom. The van der Waals surface area contributed by atoms with Gasteiger partial charge in [0.05, 0.1) is 19.2 Å². The number of rotatable bonds is 8. The number of carboxylic acids is 1. The number of aliphatic carboxylic acids is 1. The van der Waals surface area contributed by atoms with E-state index in [1.807, 2.05) is 44.2 Å². The summed E-state index contributed by atoms with van der Waals surface area (Å²) in [6.07, 6.45) is 1.60. The van der Waals surface area contributed by atoms with E-state index in [-0.39, 0.29) is 18.9 Å². The van der Waals surface area contributed by atoms with E-state index in [0.29, 0.717) is 5.02 Å². The average molecular weight is 439 g/mol. The zero-order chi connectivity index (χ0) is 22.4. The van der Waals surface area contributed by atoms with Gasteiger partial charge in [-0.3, -0.25) is 9.59 Å². The molecule has 0 spiro atoms. The van der Waals surface area contributed by atoms with Crippen molar-refractivity contribution >= 4 is 35.4 Å². The first-order valence-corrected chi connectivity index (χ1v) is 10.0. The molecular weight excluding hydrogens is 416 g/mol. The first-order valence-electron chi connectivity index (χ1n) is 9.65. The number of nitrogens with zero attached hydrogens (tertiary/aromatic N) is 2. The molecule has 8 heteroatoms. The summed E-state index contributed by atoms with van der Waals surface area (Å²) < 4.78 is 2.05. The van der Waals surface area contributed by atoms with Crippen molar-refractivity contribution in [2.24, 2.45) is 5.10 Å². The topological polar surface area (TPSA) is 95.7 Å². The van der Waals surface area contributed by atoms with Crippen LogP contribution < -0.4 is 10.7 Å². The summed E-state index contributed by atoms with van der Waals surface area (Å²) in [6.45, 7) is 4.02. The van der Waals surface area contributed by atoms with E-state index in [0.717, 1.165) is 33.9 Å². The lowest BCUT2D eigenvalue weighted by atomic mass is 10.1. The molecule has 0 bridgehead atoms. The highest BCUT2D eigenvalue weighted by atomic mass is 35.5. The molecule has 0 aliphatic rings. The summed E-state index contributed by atoms with van der Waals surface area (Å²) in [5, 5.41) is 16.6. The van der Waals surface area contributed by atoms with E-state index in [9.17, 15) is 9.59 Å². The molecule has 0 fully saturated rings. The molecule has 3 aromatic rings. The Hall–Kier alpha value is -3.58. The predicted molar refractivity (Wildman–Crippen MR) is 122 cm³/mol. The molecule has 0 radical (unpaired) electrons. The third-order valence-electron chi connectivity index (χ3n) is 4.71. The van der Waals surface area contributed by atoms with Crippen LogP contribution in [0.2, 0.25) is 5.02 Å². The van der Waals surface area contributed by atoms with E-state index < -0.39 is 5.97 Å². The minimum atomic E-state index is -0.856. The molecular formula is C23H23ClN4O3. The average Bonchev–Trinajstić information content (AvgIpc) is 3.01. The monoisotopic (exact) mass is 438 g/mol. The Kier molecular flexibility index (Phi) is 7.10. The minimum Gasteiger partial charge on any atom is -0.481 e. The zero-order valence-electron chi connectivity index (χ0n) is 17.2. The highest BCUT2D eigenvalue weighted by molar-refractivity contribution is 6.30. The fourth-order valence-corrected chi connectivity index (χ4v) is 3.34. The van der Waals surface area contributed by atoms with Crippen LogP contribution in [-0.2, 0) is 16.0 Å². The number of carboxylic acid groups (broad SMARTS) is 1. The van der Waals surface area contributed by atoms with Crippen molar-refractivity contribution in [3.63, 3.8) is 0 Å². The molecule has 1 amide bonds. The van der Waals surface area contributed by atoms with Gasteiger partial charge in [0.15, 0.2) is 0 Å². The summed E-state index contributed by atoms with van der Waals surface area (Å²) in [4.78, 5) is 22.9. The lowest BCUT2D eigenvalue weighted by molar-refractivity contribution is -0.136. The van der Waals surface area contributed by atoms with Crippen molar-refractivity contribution in [3.8, 4) is 5.69 Å². The third-order valence-corrected chi connectivity index (χ3v) is 4.96. The van der Waals surface area contributed by atoms with Gasteiger partial charge in [-0.15, -0.1) is 0 Å². The highest BCUT2D eigenvalue weighted by Crippen LogP contribution is 2.20. The van der Waals surface area contributed by atoms with E-state index in [1.165, 1.54) is 0 Å². The number of benzene rings is 2. The van der Waals surface area contributed by atoms with E-state index in [4.69, 9.17) is 16.7 Å². The molecule has 0 aliphatic carbocycles. The second-order valence-corrected chi connectivity index (χ2v) is 7.49. The number of halogens is 1. The first-order chi connectivity index (χ1) is 14.8. The van der Waals surface area contributed by atoms with Crippen LogP contribution in [0.25, 0.3) is 5.69 Å². The number of carbonyl (C=O) groups is 2. The lowest BCUT2D eigenvalue weighted by Crippen LogP contribution is -2.25. The van der Waals surface area contributed by atoms with Crippen LogP contribution in [0, 0.1) is 13.8 Å². The number of anilines is 1. The molecule has 0 saturated carbocycles. The number of hydrazone groups is 1. The van der Waals surface area contributed by atoms with Crippen molar-refractivity contribution in [1.29, 1.82) is 0 Å². The molecule has 3 N–H and O–H groups in total. The van der Waals surface area contributed by atoms with Gasteiger partial charge >= 0.3 is 5.97 Å². The maximum Gasteiger partial charge on any atom is 0.307 e. The lowest BCUT2D eigenvalue weighted by Gasteiger charge is -2.10. The summed E-state index contributed by atoms with van der Waals surface area (Å²) in [7, 11) is 0. The van der Waals surface area contributed by atoms with Gasteiger partial charge in [0.25, 0.3) is 5.91 Å². The SMILES string of the molecule is Cc1cc(/C=N\NC(=O)CNc2ccc(Cl)cc2)c(C)n1-c1ccc(CC(=O)O)cc1. The summed E-state index contributed by atoms with van der Waals surface area (Å²) >= 11 is 5.84. The van der Waals surface area contributed by atoms with Crippen LogP contribution in [-0.4, -0.2) is 34.3 Å². The molecule has 2 aromatic carbocycles. The van der Waals surface area contributed by atoms with E-state index in [1.54, 1.807) is 30.5 Å². The van der Waals surface area contributed by atoms with Crippen molar-refractivity contribution < 1.29 is 14.7 Å². The van der Waals surface area contributed by atoms with Gasteiger partial charge in [-0.2, -0.15) is 5.10 Å². The van der Waals surface area contributed by atoms with Gasteiger partial charge in [0, 0.05) is 33.3 Å². The molecule has 0 atom stereocenters. The standard InChI is InChI=1S/C23H23ClN4O3/c1-15-11-18(13-26-27-22(29)14-25-20-7-5-19(24)6-8-20)16(2)28(15)21-9-3-17(4-10-21)12-23(30)31/h3-11,13,25H,12,14H2,1-2H3,(H,27,29)(H,30,31)/b26-13-. The zero-order valence-corrected chi connectivity index (χ0v) is 18.0. The second kappa shape index (κ2) is 9.95. The van der Waals surface area contributed by atoms with Crippen molar-refractivity contribution in [3.05, 3.63) is 82.1 Å². The van der Waals surface area contributed by atoms with Crippen LogP contribution in [0.15, 0.2) is 59.7 Å². The van der Waals surface area contributed by atoms with Gasteiger partial charge in [0.1, 0.15) is 0 Å². The van der Waals surface area contributed by atoms with Gasteiger partial charge in [-0.25, -0.2) is 5.43 Å². The number of hydrogen-bond acceptors (Lipinski definition) is 4. The Bertz CT molecular complexity index is 1100. The number of hydrogen-bond donors (Lipinski definition) is 3. The normalized spacial score (nSPS) is 10.9. The summed E-state index contributed by atoms with van der Waals surface area (Å²) in [5.74, 6) is -1.13. The van der Waals surface area contributed by atoms with Crippen molar-refractivity contribution in [2.75, 3.05) is 11.9 Å².